The monoisotopic (exact) mass is 381 g/mol. The fourth-order valence-electron chi connectivity index (χ4n) is 3.99. The molecule has 0 radical (unpaired) electrons. The molecular formula is C20H25N6O2+. The van der Waals surface area contributed by atoms with Gasteiger partial charge in [-0.2, -0.15) is 0 Å². The lowest BCUT2D eigenvalue weighted by Gasteiger charge is -2.33. The van der Waals surface area contributed by atoms with Crippen LogP contribution in [0.2, 0.25) is 0 Å². The average Bonchev–Trinajstić information content (AvgIpc) is 3.00. The first-order chi connectivity index (χ1) is 13.6. The molecule has 0 spiro atoms. The molecule has 2 aliphatic rings. The molecule has 1 aromatic carbocycles. The first-order valence-corrected chi connectivity index (χ1v) is 9.69. The quantitative estimate of drug-likeness (QED) is 0.713. The van der Waals surface area contributed by atoms with Crippen LogP contribution in [0.25, 0.3) is 0 Å². The highest BCUT2D eigenvalue weighted by molar-refractivity contribution is 6.07. The van der Waals surface area contributed by atoms with E-state index in [1.165, 1.54) is 9.80 Å². The summed E-state index contributed by atoms with van der Waals surface area (Å²) in [5.74, 6) is 0.568. The maximum atomic E-state index is 13.2. The number of imide groups is 1. The number of benzene rings is 1. The van der Waals surface area contributed by atoms with Crippen molar-refractivity contribution in [3.63, 3.8) is 0 Å². The van der Waals surface area contributed by atoms with Crippen molar-refractivity contribution in [2.75, 3.05) is 37.7 Å². The van der Waals surface area contributed by atoms with Gasteiger partial charge in [-0.3, -0.25) is 4.79 Å². The molecule has 1 aromatic heterocycles. The van der Waals surface area contributed by atoms with Crippen molar-refractivity contribution < 1.29 is 14.5 Å². The van der Waals surface area contributed by atoms with E-state index in [0.29, 0.717) is 13.1 Å². The summed E-state index contributed by atoms with van der Waals surface area (Å²) in [6.07, 6.45) is 4.00. The molecule has 0 saturated carbocycles. The number of rotatable bonds is 5. The van der Waals surface area contributed by atoms with E-state index in [9.17, 15) is 9.59 Å². The van der Waals surface area contributed by atoms with Gasteiger partial charge < -0.3 is 15.1 Å². The van der Waals surface area contributed by atoms with Gasteiger partial charge in [0.05, 0.1) is 26.2 Å². The van der Waals surface area contributed by atoms with E-state index in [1.54, 1.807) is 18.5 Å². The highest BCUT2D eigenvalue weighted by Gasteiger charge is 2.52. The number of amides is 3. The number of quaternary nitrogens is 1. The summed E-state index contributed by atoms with van der Waals surface area (Å²) < 4.78 is 0. The molecule has 146 valence electrons. The number of nitrogens with zero attached hydrogens (tertiary/aromatic N) is 4. The molecule has 8 nitrogen and oxygen atoms in total. The van der Waals surface area contributed by atoms with E-state index in [2.05, 4.69) is 20.2 Å². The van der Waals surface area contributed by atoms with E-state index in [1.807, 2.05) is 37.3 Å². The molecule has 4 rings (SSSR count). The van der Waals surface area contributed by atoms with Crippen molar-refractivity contribution in [2.45, 2.75) is 18.9 Å². The third kappa shape index (κ3) is 3.20. The molecule has 2 saturated heterocycles. The fraction of sp³-hybridized carbons (Fsp3) is 0.400. The Labute approximate surface area is 164 Å². The molecule has 8 heteroatoms. The largest absolute Gasteiger partial charge is 0.330 e. The second-order valence-electron chi connectivity index (χ2n) is 7.23. The second-order valence-corrected chi connectivity index (χ2v) is 7.23. The van der Waals surface area contributed by atoms with Gasteiger partial charge in [0.15, 0.2) is 6.67 Å². The van der Waals surface area contributed by atoms with Crippen molar-refractivity contribution in [1.29, 1.82) is 0 Å². The minimum Gasteiger partial charge on any atom is -0.330 e. The zero-order valence-corrected chi connectivity index (χ0v) is 16.0. The van der Waals surface area contributed by atoms with Crippen molar-refractivity contribution in [1.82, 2.24) is 20.2 Å². The molecule has 3 amide bonds. The Kier molecular flexibility index (Phi) is 4.95. The standard InChI is InChI=1S/C20H24N6O2/c1-2-20(16-7-4-3-5-8-16)17(27)26(19(28)23-20)15-24-11-13-25(14-12-24)18-21-9-6-10-22-18/h3-10H,2,11-15H2,1H3,(H,23,28)/p+1/t20-/m0/s1. The van der Waals surface area contributed by atoms with Crippen LogP contribution in [0.3, 0.4) is 0 Å². The summed E-state index contributed by atoms with van der Waals surface area (Å²) in [7, 11) is 0. The fourth-order valence-corrected chi connectivity index (χ4v) is 3.99. The Balaban J connectivity index is 1.43. The normalized spacial score (nSPS) is 23.2. The minimum absolute atomic E-state index is 0.160. The lowest BCUT2D eigenvalue weighted by molar-refractivity contribution is -0.907. The van der Waals surface area contributed by atoms with Gasteiger partial charge in [-0.1, -0.05) is 37.3 Å². The lowest BCUT2D eigenvalue weighted by atomic mass is 9.87. The van der Waals surface area contributed by atoms with Crippen LogP contribution < -0.4 is 15.1 Å². The van der Waals surface area contributed by atoms with Gasteiger partial charge in [0.1, 0.15) is 5.54 Å². The van der Waals surface area contributed by atoms with Gasteiger partial charge >= 0.3 is 6.03 Å². The number of hydrogen-bond acceptors (Lipinski definition) is 5. The topological polar surface area (TPSA) is 82.9 Å². The van der Waals surface area contributed by atoms with Crippen LogP contribution in [0, 0.1) is 0 Å². The Bertz CT molecular complexity index is 838. The first-order valence-electron chi connectivity index (χ1n) is 9.69. The first kappa shape index (κ1) is 18.4. The van der Waals surface area contributed by atoms with Crippen LogP contribution >= 0.6 is 0 Å². The maximum absolute atomic E-state index is 13.2. The molecule has 0 aliphatic carbocycles. The van der Waals surface area contributed by atoms with Crippen LogP contribution in [0.4, 0.5) is 10.7 Å². The second kappa shape index (κ2) is 7.55. The summed E-state index contributed by atoms with van der Waals surface area (Å²) in [6.45, 7) is 5.53. The van der Waals surface area contributed by atoms with Crippen LogP contribution in [-0.4, -0.2) is 59.7 Å². The molecule has 2 N–H and O–H groups in total. The van der Waals surface area contributed by atoms with Gasteiger partial charge in [-0.15, -0.1) is 0 Å². The van der Waals surface area contributed by atoms with E-state index in [0.717, 1.165) is 37.7 Å². The summed E-state index contributed by atoms with van der Waals surface area (Å²) >= 11 is 0. The third-order valence-corrected chi connectivity index (χ3v) is 5.66. The van der Waals surface area contributed by atoms with Gasteiger partial charge in [0, 0.05) is 12.4 Å². The molecule has 28 heavy (non-hydrogen) atoms. The number of urea groups is 1. The summed E-state index contributed by atoms with van der Waals surface area (Å²) in [4.78, 5) is 39.2. The smallest absolute Gasteiger partial charge is 0.329 e. The van der Waals surface area contributed by atoms with Crippen molar-refractivity contribution in [3.05, 3.63) is 54.4 Å². The minimum atomic E-state index is -0.961. The molecule has 0 bridgehead atoms. The predicted molar refractivity (Wildman–Crippen MR) is 104 cm³/mol. The number of carbonyl (C=O) groups excluding carboxylic acids is 2. The maximum Gasteiger partial charge on any atom is 0.329 e. The van der Waals surface area contributed by atoms with Gasteiger partial charge in [0.25, 0.3) is 5.91 Å². The Morgan fingerprint density at radius 2 is 1.75 bits per heavy atom. The Morgan fingerprint density at radius 3 is 2.39 bits per heavy atom. The number of hydrogen-bond donors (Lipinski definition) is 2. The number of anilines is 1. The van der Waals surface area contributed by atoms with E-state index < -0.39 is 5.54 Å². The number of carbonyl (C=O) groups is 2. The Hall–Kier alpha value is -3.00. The van der Waals surface area contributed by atoms with E-state index >= 15 is 0 Å². The zero-order chi connectivity index (χ0) is 19.6. The third-order valence-electron chi connectivity index (χ3n) is 5.66. The molecule has 2 aliphatic heterocycles. The summed E-state index contributed by atoms with van der Waals surface area (Å²) in [6, 6.07) is 11.0. The number of aromatic nitrogens is 2. The lowest BCUT2D eigenvalue weighted by Crippen LogP contribution is -3.16. The molecule has 1 atom stereocenters. The van der Waals surface area contributed by atoms with E-state index in [-0.39, 0.29) is 11.9 Å². The van der Waals surface area contributed by atoms with Crippen molar-refractivity contribution in [3.8, 4) is 0 Å². The summed E-state index contributed by atoms with van der Waals surface area (Å²) in [5, 5.41) is 2.95. The molecule has 2 fully saturated rings. The number of piperazine rings is 1. The highest BCUT2D eigenvalue weighted by atomic mass is 16.2. The van der Waals surface area contributed by atoms with Gasteiger partial charge in [-0.25, -0.2) is 19.7 Å². The van der Waals surface area contributed by atoms with Crippen LogP contribution in [0.5, 0.6) is 0 Å². The van der Waals surface area contributed by atoms with Crippen LogP contribution in [-0.2, 0) is 10.3 Å². The van der Waals surface area contributed by atoms with Gasteiger partial charge in [0.2, 0.25) is 5.95 Å². The number of nitrogens with one attached hydrogen (secondary N) is 2. The van der Waals surface area contributed by atoms with Crippen molar-refractivity contribution in [2.24, 2.45) is 0 Å². The molecule has 2 aromatic rings. The molecule has 3 heterocycles. The van der Waals surface area contributed by atoms with Crippen LogP contribution in [0.1, 0.15) is 18.9 Å². The highest BCUT2D eigenvalue weighted by Crippen LogP contribution is 2.31. The van der Waals surface area contributed by atoms with Gasteiger partial charge in [-0.05, 0) is 18.1 Å². The summed E-state index contributed by atoms with van der Waals surface area (Å²) in [5.41, 5.74) is -0.128. The predicted octanol–water partition coefficient (Wildman–Crippen LogP) is -0.00370. The Morgan fingerprint density at radius 1 is 1.07 bits per heavy atom. The average molecular weight is 381 g/mol. The molecule has 0 unspecified atom stereocenters. The SMILES string of the molecule is CC[C@@]1(c2ccccc2)NC(=O)N(C[NH+]2CCN(c3ncccn3)CC2)C1=O. The zero-order valence-electron chi connectivity index (χ0n) is 16.0. The van der Waals surface area contributed by atoms with Crippen molar-refractivity contribution >= 4 is 17.9 Å². The molecular weight excluding hydrogens is 356 g/mol. The van der Waals surface area contributed by atoms with Crippen LogP contribution in [0.15, 0.2) is 48.8 Å². The van der Waals surface area contributed by atoms with E-state index in [4.69, 9.17) is 0 Å².